The standard InChI is InChI=1S/C41H41ClN2O12S4/c1-40(2)35(43(19-21-58(46,47)48)33-15-7-27-23-29(57-56-55-45)11-13-31(27)37(33)40)17-9-25-5-6-26(39(25)42)10-18-36-41(3,4)38-32-14-12-30(60(52,53)54)24-28(32)8-16-34(38)44(36)20-22-59(49,50)51/h7-18,23-24H,5-6,19-22H2,1-4H3,(H3-,45,46,47,48,49,50,51,52,53,54)/p+1. The third-order valence-corrected chi connectivity index (χ3v) is 14.7. The van der Waals surface area contributed by atoms with Gasteiger partial charge in [0.05, 0.1) is 28.1 Å². The zero-order valence-corrected chi connectivity index (χ0v) is 36.8. The van der Waals surface area contributed by atoms with E-state index < -0.39 is 52.7 Å². The van der Waals surface area contributed by atoms with Crippen molar-refractivity contribution < 1.29 is 58.1 Å². The van der Waals surface area contributed by atoms with Crippen molar-refractivity contribution in [2.24, 2.45) is 0 Å². The van der Waals surface area contributed by atoms with Crippen LogP contribution < -0.4 is 4.90 Å². The lowest BCUT2D eigenvalue weighted by atomic mass is 9.79. The van der Waals surface area contributed by atoms with Crippen LogP contribution in [0.25, 0.3) is 21.5 Å². The van der Waals surface area contributed by atoms with Crippen LogP contribution in [-0.4, -0.2) is 79.1 Å². The molecule has 3 aliphatic rings. The molecule has 60 heavy (non-hydrogen) atoms. The first kappa shape index (κ1) is 44.1. The molecule has 0 unspecified atom stereocenters. The number of benzene rings is 4. The Morgan fingerprint density at radius 2 is 1.47 bits per heavy atom. The van der Waals surface area contributed by atoms with E-state index in [0.29, 0.717) is 39.2 Å². The van der Waals surface area contributed by atoms with Crippen LogP contribution in [0.2, 0.25) is 0 Å². The van der Waals surface area contributed by atoms with Crippen LogP contribution in [-0.2, 0) is 50.6 Å². The fourth-order valence-electron chi connectivity index (χ4n) is 8.67. The molecule has 7 rings (SSSR count). The summed E-state index contributed by atoms with van der Waals surface area (Å²) in [6, 6.07) is 17.2. The molecule has 1 aliphatic carbocycles. The second kappa shape index (κ2) is 16.1. The maximum absolute atomic E-state index is 12.0. The van der Waals surface area contributed by atoms with Gasteiger partial charge in [-0.1, -0.05) is 60.8 Å². The predicted octanol–water partition coefficient (Wildman–Crippen LogP) is 8.27. The number of fused-ring (bicyclic) bond motifs is 6. The summed E-state index contributed by atoms with van der Waals surface area (Å²) in [6.07, 6.45) is 8.80. The summed E-state index contributed by atoms with van der Waals surface area (Å²) < 4.78 is 107. The topological polar surface area (TPSA) is 208 Å². The molecule has 2 heterocycles. The molecule has 0 saturated heterocycles. The van der Waals surface area contributed by atoms with Gasteiger partial charge in [0.2, 0.25) is 5.69 Å². The Hall–Kier alpha value is -3.92. The minimum absolute atomic E-state index is 0.00912. The number of nitrogens with zero attached hydrogens (tertiary/aromatic N) is 2. The van der Waals surface area contributed by atoms with Gasteiger partial charge in [0.25, 0.3) is 30.4 Å². The van der Waals surface area contributed by atoms with Gasteiger partial charge in [0.1, 0.15) is 5.75 Å². The predicted molar refractivity (Wildman–Crippen MR) is 232 cm³/mol. The number of hydrogen-bond acceptors (Lipinski definition) is 11. The van der Waals surface area contributed by atoms with Gasteiger partial charge >= 0.3 is 0 Å². The Morgan fingerprint density at radius 3 is 2.15 bits per heavy atom. The highest BCUT2D eigenvalue weighted by atomic mass is 35.5. The first-order chi connectivity index (χ1) is 28.0. The molecule has 0 spiro atoms. The number of anilines is 1. The number of halogens is 1. The van der Waals surface area contributed by atoms with Crippen LogP contribution in [0.4, 0.5) is 11.4 Å². The van der Waals surface area contributed by atoms with E-state index in [0.717, 1.165) is 62.2 Å². The summed E-state index contributed by atoms with van der Waals surface area (Å²) in [6.45, 7) is 7.94. The highest BCUT2D eigenvalue weighted by Crippen LogP contribution is 2.51. The monoisotopic (exact) mass is 917 g/mol. The van der Waals surface area contributed by atoms with Crippen molar-refractivity contribution in [3.8, 4) is 0 Å². The summed E-state index contributed by atoms with van der Waals surface area (Å²) in [7, 11) is -13.1. The average molecular weight is 919 g/mol. The summed E-state index contributed by atoms with van der Waals surface area (Å²) in [4.78, 5) is 2.25. The Bertz CT molecular complexity index is 2970. The van der Waals surface area contributed by atoms with Crippen molar-refractivity contribution in [1.82, 2.24) is 0 Å². The average Bonchev–Trinajstić information content (AvgIpc) is 3.70. The van der Waals surface area contributed by atoms with E-state index >= 15 is 0 Å². The quantitative estimate of drug-likeness (QED) is 0.0327. The second-order valence-corrected chi connectivity index (χ2v) is 21.5. The smallest absolute Gasteiger partial charge is 0.294 e. The van der Waals surface area contributed by atoms with Crippen LogP contribution in [0.5, 0.6) is 0 Å². The van der Waals surface area contributed by atoms with E-state index in [4.69, 9.17) is 16.9 Å². The van der Waals surface area contributed by atoms with E-state index in [1.54, 1.807) is 18.2 Å². The fourth-order valence-corrected chi connectivity index (χ4v) is 10.7. The lowest BCUT2D eigenvalue weighted by Crippen LogP contribution is -2.30. The van der Waals surface area contributed by atoms with Gasteiger partial charge in [-0.3, -0.25) is 13.7 Å². The van der Waals surface area contributed by atoms with Gasteiger partial charge in [0, 0.05) is 51.0 Å². The molecule has 4 N–H and O–H groups in total. The van der Waals surface area contributed by atoms with E-state index in [1.165, 1.54) is 12.1 Å². The summed E-state index contributed by atoms with van der Waals surface area (Å²) in [5.41, 5.74) is 5.04. The Balaban J connectivity index is 1.26. The lowest BCUT2D eigenvalue weighted by Gasteiger charge is -2.27. The molecule has 0 bridgehead atoms. The molecule has 0 saturated carbocycles. The maximum Gasteiger partial charge on any atom is 0.294 e. The van der Waals surface area contributed by atoms with Gasteiger partial charge in [0.15, 0.2) is 12.3 Å². The van der Waals surface area contributed by atoms with E-state index in [-0.39, 0.29) is 18.0 Å². The van der Waals surface area contributed by atoms with Crippen LogP contribution in [0, 0.1) is 0 Å². The molecule has 4 aromatic rings. The molecule has 0 fully saturated rings. The minimum Gasteiger partial charge on any atom is -0.343 e. The van der Waals surface area contributed by atoms with Crippen LogP contribution in [0.3, 0.4) is 0 Å². The number of hydrogen-bond donors (Lipinski definition) is 4. The first-order valence-corrected chi connectivity index (χ1v) is 24.4. The van der Waals surface area contributed by atoms with E-state index in [1.807, 2.05) is 91.8 Å². The first-order valence-electron chi connectivity index (χ1n) is 18.6. The Kier molecular flexibility index (Phi) is 11.8. The van der Waals surface area contributed by atoms with E-state index in [2.05, 4.69) is 9.37 Å². The molecule has 0 aromatic heterocycles. The van der Waals surface area contributed by atoms with Gasteiger partial charge in [-0.05, 0) is 107 Å². The Morgan fingerprint density at radius 1 is 0.800 bits per heavy atom. The van der Waals surface area contributed by atoms with Crippen molar-refractivity contribution in [3.05, 3.63) is 118 Å². The molecule has 19 heteroatoms. The molecular weight excluding hydrogens is 876 g/mol. The molecule has 14 nitrogen and oxygen atoms in total. The van der Waals surface area contributed by atoms with Crippen molar-refractivity contribution in [2.75, 3.05) is 29.5 Å². The fraction of sp³-hybridized carbons (Fsp3) is 0.293. The van der Waals surface area contributed by atoms with Crippen molar-refractivity contribution in [2.45, 2.75) is 61.2 Å². The molecular formula is C41H42ClN2O12S4+. The highest BCUT2D eigenvalue weighted by Gasteiger charge is 2.46. The van der Waals surface area contributed by atoms with Crippen molar-refractivity contribution >= 4 is 92.6 Å². The van der Waals surface area contributed by atoms with E-state index in [9.17, 15) is 38.9 Å². The third kappa shape index (κ3) is 8.60. The van der Waals surface area contributed by atoms with Gasteiger partial charge in [-0.2, -0.15) is 29.8 Å². The van der Waals surface area contributed by atoms with Crippen LogP contribution in [0.1, 0.15) is 51.7 Å². The maximum atomic E-state index is 12.0. The zero-order chi connectivity index (χ0) is 43.6. The number of rotatable bonds is 13. The molecule has 4 aromatic carbocycles. The SMILES string of the molecule is CC1(C)C(=CC=C2CCC(C=CC3=[N+](CCS(=O)(=O)O)c4ccc5cc(SOOO)ccc5c4C3(C)C)=C2Cl)N(CCS(=O)(=O)O)c2ccc3cc(S(=O)(=O)O)ccc3c21. The lowest BCUT2D eigenvalue weighted by molar-refractivity contribution is -0.432. The summed E-state index contributed by atoms with van der Waals surface area (Å²) >= 11 is 7.91. The normalized spacial score (nSPS) is 19.2. The zero-order valence-electron chi connectivity index (χ0n) is 32.8. The number of allylic oxidation sites excluding steroid dienone is 8. The van der Waals surface area contributed by atoms with Crippen molar-refractivity contribution in [3.63, 3.8) is 0 Å². The summed E-state index contributed by atoms with van der Waals surface area (Å²) in [5.74, 6) is -1.04. The summed E-state index contributed by atoms with van der Waals surface area (Å²) in [5, 5.41) is 15.9. The van der Waals surface area contributed by atoms with Gasteiger partial charge < -0.3 is 4.90 Å². The molecule has 2 aliphatic heterocycles. The largest absolute Gasteiger partial charge is 0.343 e. The second-order valence-electron chi connectivity index (χ2n) is 15.8. The third-order valence-electron chi connectivity index (χ3n) is 11.3. The van der Waals surface area contributed by atoms with Gasteiger partial charge in [-0.25, -0.2) is 5.26 Å². The molecule has 318 valence electrons. The molecule has 0 radical (unpaired) electrons. The van der Waals surface area contributed by atoms with Crippen LogP contribution in [0.15, 0.2) is 117 Å². The molecule has 0 atom stereocenters. The van der Waals surface area contributed by atoms with Crippen LogP contribution >= 0.6 is 23.6 Å². The molecule has 0 amide bonds. The highest BCUT2D eigenvalue weighted by molar-refractivity contribution is 7.94. The Labute approximate surface area is 357 Å². The van der Waals surface area contributed by atoms with Crippen molar-refractivity contribution in [1.29, 1.82) is 0 Å². The minimum atomic E-state index is -4.46. The van der Waals surface area contributed by atoms with Gasteiger partial charge in [-0.15, -0.1) is 4.33 Å².